The number of nitrogens with one attached hydrogen (secondary N) is 1. The van der Waals surface area contributed by atoms with Crippen LogP contribution in [0.1, 0.15) is 44.1 Å². The number of carbonyl (C=O) groups is 1. The molecule has 1 aromatic heterocycles. The Balaban J connectivity index is 2.07. The van der Waals surface area contributed by atoms with Gasteiger partial charge in [0.1, 0.15) is 5.82 Å². The van der Waals surface area contributed by atoms with E-state index in [9.17, 15) is 4.79 Å². The molecule has 0 spiro atoms. The van der Waals surface area contributed by atoms with Gasteiger partial charge < -0.3 is 5.32 Å². The molecule has 2 heterocycles. The van der Waals surface area contributed by atoms with Crippen LogP contribution in [0.5, 0.6) is 0 Å². The van der Waals surface area contributed by atoms with E-state index in [1.165, 1.54) is 10.4 Å². The van der Waals surface area contributed by atoms with E-state index in [-0.39, 0.29) is 11.3 Å². The lowest BCUT2D eigenvalue weighted by Crippen LogP contribution is -2.44. The molecule has 0 saturated heterocycles. The average molecular weight is 338 g/mol. The van der Waals surface area contributed by atoms with Crippen molar-refractivity contribution < 1.29 is 4.79 Å². The lowest BCUT2D eigenvalue weighted by molar-refractivity contribution is -0.120. The van der Waals surface area contributed by atoms with Crippen molar-refractivity contribution in [3.8, 4) is 0 Å². The van der Waals surface area contributed by atoms with Crippen LogP contribution < -0.4 is 5.32 Å². The van der Waals surface area contributed by atoms with E-state index in [2.05, 4.69) is 55.3 Å². The molecule has 1 N–H and O–H groups in total. The first-order valence-electron chi connectivity index (χ1n) is 8.65. The van der Waals surface area contributed by atoms with Gasteiger partial charge in [0, 0.05) is 17.2 Å². The van der Waals surface area contributed by atoms with E-state index in [1.54, 1.807) is 11.3 Å². The van der Waals surface area contributed by atoms with E-state index in [4.69, 9.17) is 0 Å². The van der Waals surface area contributed by atoms with Crippen LogP contribution in [0.2, 0.25) is 0 Å². The van der Waals surface area contributed by atoms with Crippen LogP contribution in [0.4, 0.5) is 5.82 Å². The third-order valence-corrected chi connectivity index (χ3v) is 6.58. The van der Waals surface area contributed by atoms with Gasteiger partial charge in [0.25, 0.3) is 0 Å². The molecule has 1 aliphatic carbocycles. The summed E-state index contributed by atoms with van der Waals surface area (Å²) >= 11 is 1.65. The zero-order valence-electron chi connectivity index (χ0n) is 14.3. The van der Waals surface area contributed by atoms with Crippen molar-refractivity contribution in [1.29, 1.82) is 0 Å². The Morgan fingerprint density at radius 2 is 2.00 bits per heavy atom. The van der Waals surface area contributed by atoms with Gasteiger partial charge in [-0.25, -0.2) is 4.98 Å². The third-order valence-electron chi connectivity index (χ3n) is 5.60. The van der Waals surface area contributed by atoms with Crippen molar-refractivity contribution in [2.24, 2.45) is 11.8 Å². The Kier molecular flexibility index (Phi) is 3.61. The summed E-state index contributed by atoms with van der Waals surface area (Å²) in [5.74, 6) is 1.64. The SMILES string of the molecule is CCC1(c2ccccc2)C2=C(Nc3ncsc31)C(C)CC(C)C2=O. The molecule has 0 bridgehead atoms. The third kappa shape index (κ3) is 1.95. The van der Waals surface area contributed by atoms with Crippen LogP contribution in [0.15, 0.2) is 47.1 Å². The molecule has 2 aromatic rings. The maximum atomic E-state index is 13.3. The number of fused-ring (bicyclic) bond motifs is 1. The van der Waals surface area contributed by atoms with Crippen molar-refractivity contribution in [1.82, 2.24) is 4.98 Å². The fourth-order valence-electron chi connectivity index (χ4n) is 4.43. The molecule has 4 rings (SSSR count). The second-order valence-electron chi connectivity index (χ2n) is 6.97. The van der Waals surface area contributed by atoms with E-state index >= 15 is 0 Å². The van der Waals surface area contributed by atoms with Crippen molar-refractivity contribution in [3.05, 3.63) is 57.6 Å². The Morgan fingerprint density at radius 1 is 1.25 bits per heavy atom. The number of hydrogen-bond acceptors (Lipinski definition) is 4. The first-order valence-corrected chi connectivity index (χ1v) is 9.53. The van der Waals surface area contributed by atoms with Gasteiger partial charge in [-0.15, -0.1) is 11.3 Å². The highest BCUT2D eigenvalue weighted by molar-refractivity contribution is 7.10. The summed E-state index contributed by atoms with van der Waals surface area (Å²) in [4.78, 5) is 19.0. The molecular formula is C20H22N2OS. The summed E-state index contributed by atoms with van der Waals surface area (Å²) in [6.07, 6.45) is 1.76. The number of aromatic nitrogens is 1. The van der Waals surface area contributed by atoms with Crippen molar-refractivity contribution in [2.75, 3.05) is 5.32 Å². The zero-order valence-corrected chi connectivity index (χ0v) is 15.1. The van der Waals surface area contributed by atoms with Crippen molar-refractivity contribution >= 4 is 22.9 Å². The topological polar surface area (TPSA) is 42.0 Å². The number of hydrogen-bond donors (Lipinski definition) is 1. The Bertz CT molecular complexity index is 823. The molecule has 0 amide bonds. The Morgan fingerprint density at radius 3 is 2.71 bits per heavy atom. The van der Waals surface area contributed by atoms with Crippen molar-refractivity contribution in [3.63, 3.8) is 0 Å². The van der Waals surface area contributed by atoms with Gasteiger partial charge in [-0.3, -0.25) is 4.79 Å². The molecule has 4 heteroatoms. The maximum Gasteiger partial charge on any atom is 0.164 e. The highest BCUT2D eigenvalue weighted by atomic mass is 32.1. The van der Waals surface area contributed by atoms with Gasteiger partial charge in [-0.05, 0) is 24.3 Å². The number of nitrogens with zero attached hydrogens (tertiary/aromatic N) is 1. The molecule has 3 unspecified atom stereocenters. The highest BCUT2D eigenvalue weighted by Crippen LogP contribution is 2.54. The molecule has 0 radical (unpaired) electrons. The molecule has 0 saturated carbocycles. The lowest BCUT2D eigenvalue weighted by atomic mass is 9.62. The molecule has 3 atom stereocenters. The summed E-state index contributed by atoms with van der Waals surface area (Å²) < 4.78 is 0. The number of ketones is 1. The van der Waals surface area contributed by atoms with E-state index in [1.807, 2.05) is 11.6 Å². The van der Waals surface area contributed by atoms with Gasteiger partial charge >= 0.3 is 0 Å². The Hall–Kier alpha value is -1.94. The summed E-state index contributed by atoms with van der Waals surface area (Å²) in [7, 11) is 0. The molecule has 2 aliphatic rings. The number of thiazole rings is 1. The summed E-state index contributed by atoms with van der Waals surface area (Å²) in [6, 6.07) is 10.5. The number of benzene rings is 1. The molecule has 24 heavy (non-hydrogen) atoms. The molecular weight excluding hydrogens is 316 g/mol. The van der Waals surface area contributed by atoms with Crippen LogP contribution >= 0.6 is 11.3 Å². The fraction of sp³-hybridized carbons (Fsp3) is 0.400. The minimum absolute atomic E-state index is 0.0738. The largest absolute Gasteiger partial charge is 0.342 e. The molecule has 124 valence electrons. The molecule has 0 fully saturated rings. The van der Waals surface area contributed by atoms with E-state index in [0.717, 1.165) is 29.9 Å². The minimum Gasteiger partial charge on any atom is -0.342 e. The monoisotopic (exact) mass is 338 g/mol. The quantitative estimate of drug-likeness (QED) is 0.858. The second kappa shape index (κ2) is 5.55. The highest BCUT2D eigenvalue weighted by Gasteiger charge is 2.50. The summed E-state index contributed by atoms with van der Waals surface area (Å²) in [5.41, 5.74) is 4.77. The summed E-state index contributed by atoms with van der Waals surface area (Å²) in [5, 5.41) is 3.50. The summed E-state index contributed by atoms with van der Waals surface area (Å²) in [6.45, 7) is 6.47. The van der Waals surface area contributed by atoms with Gasteiger partial charge in [-0.2, -0.15) is 0 Å². The lowest BCUT2D eigenvalue weighted by Gasteiger charge is -2.44. The van der Waals surface area contributed by atoms with E-state index < -0.39 is 0 Å². The molecule has 1 aromatic carbocycles. The minimum atomic E-state index is -0.377. The smallest absolute Gasteiger partial charge is 0.164 e. The van der Waals surface area contributed by atoms with E-state index in [0.29, 0.717) is 11.7 Å². The predicted molar refractivity (Wildman–Crippen MR) is 98.2 cm³/mol. The van der Waals surface area contributed by atoms with Crippen LogP contribution in [0, 0.1) is 11.8 Å². The second-order valence-corrected chi connectivity index (χ2v) is 7.83. The number of allylic oxidation sites excluding steroid dienone is 2. The first kappa shape index (κ1) is 15.6. The average Bonchev–Trinajstić information content (AvgIpc) is 3.07. The normalized spacial score (nSPS) is 29.0. The van der Waals surface area contributed by atoms with Gasteiger partial charge in [0.15, 0.2) is 5.78 Å². The van der Waals surface area contributed by atoms with Crippen LogP contribution in [-0.2, 0) is 10.2 Å². The molecule has 3 nitrogen and oxygen atoms in total. The standard InChI is InChI=1S/C20H22N2OS/c1-4-20(14-8-6-5-7-9-14)15-16(12(2)10-13(3)17(15)23)22-19-18(20)24-11-21-19/h5-9,11-13,22H,4,10H2,1-3H3. The zero-order chi connectivity index (χ0) is 16.9. The van der Waals surface area contributed by atoms with Crippen molar-refractivity contribution in [2.45, 2.75) is 39.0 Å². The first-order chi connectivity index (χ1) is 11.6. The fourth-order valence-corrected chi connectivity index (χ4v) is 5.47. The van der Waals surface area contributed by atoms with Crippen LogP contribution in [-0.4, -0.2) is 10.8 Å². The van der Waals surface area contributed by atoms with Gasteiger partial charge in [0.05, 0.1) is 15.8 Å². The van der Waals surface area contributed by atoms with Gasteiger partial charge in [-0.1, -0.05) is 51.1 Å². The number of anilines is 1. The predicted octanol–water partition coefficient (Wildman–Crippen LogP) is 4.76. The van der Waals surface area contributed by atoms with Crippen LogP contribution in [0.25, 0.3) is 0 Å². The van der Waals surface area contributed by atoms with Gasteiger partial charge in [0.2, 0.25) is 0 Å². The number of carbonyl (C=O) groups excluding carboxylic acids is 1. The maximum absolute atomic E-state index is 13.3. The molecule has 1 aliphatic heterocycles. The number of Topliss-reactive ketones (excluding diaryl/α,β-unsaturated/α-hetero) is 1. The Labute approximate surface area is 146 Å². The number of rotatable bonds is 2. The van der Waals surface area contributed by atoms with Crippen LogP contribution in [0.3, 0.4) is 0 Å².